The third kappa shape index (κ3) is 4.90. The number of ether oxygens (including phenoxy) is 1. The van der Waals surface area contributed by atoms with Gasteiger partial charge in [0.05, 0.1) is 5.56 Å². The topological polar surface area (TPSA) is 72.5 Å². The Balaban J connectivity index is 1.67. The number of ketones is 1. The van der Waals surface area contributed by atoms with Crippen molar-refractivity contribution in [2.75, 3.05) is 11.9 Å². The van der Waals surface area contributed by atoms with Gasteiger partial charge >= 0.3 is 5.97 Å². The van der Waals surface area contributed by atoms with Crippen molar-refractivity contribution >= 4 is 23.3 Å². The maximum Gasteiger partial charge on any atom is 0.339 e. The largest absolute Gasteiger partial charge is 0.452 e. The van der Waals surface area contributed by atoms with Gasteiger partial charge in [-0.05, 0) is 18.2 Å². The minimum Gasteiger partial charge on any atom is -0.452 e. The Hall–Kier alpha value is -3.87. The van der Waals surface area contributed by atoms with Crippen LogP contribution in [0.25, 0.3) is 0 Å². The first kappa shape index (κ1) is 19.9. The first-order valence-electron chi connectivity index (χ1n) is 8.56. The Bertz CT molecular complexity index is 1070. The number of hydrogen-bond donors (Lipinski definition) is 1. The van der Waals surface area contributed by atoms with Crippen LogP contribution in [-0.2, 0) is 9.53 Å². The number of nitrogens with one attached hydrogen (secondary N) is 1. The summed E-state index contributed by atoms with van der Waals surface area (Å²) in [4.78, 5) is 37.0. The summed E-state index contributed by atoms with van der Waals surface area (Å²) >= 11 is 0. The molecule has 1 N–H and O–H groups in total. The Morgan fingerprint density at radius 3 is 2.14 bits per heavy atom. The van der Waals surface area contributed by atoms with Gasteiger partial charge in [0.15, 0.2) is 24.0 Å². The molecule has 0 spiro atoms. The average Bonchev–Trinajstić information content (AvgIpc) is 2.74. The van der Waals surface area contributed by atoms with Crippen molar-refractivity contribution in [2.24, 2.45) is 0 Å². The number of carbonyl (C=O) groups excluding carboxylic acids is 3. The fraction of sp³-hybridized carbons (Fsp3) is 0.0455. The summed E-state index contributed by atoms with van der Waals surface area (Å²) in [5.41, 5.74) is 0.583. The molecule has 3 rings (SSSR count). The summed E-state index contributed by atoms with van der Waals surface area (Å²) in [5.74, 6) is -4.12. The first-order valence-corrected chi connectivity index (χ1v) is 8.56. The van der Waals surface area contributed by atoms with Crippen molar-refractivity contribution in [3.63, 3.8) is 0 Å². The number of carbonyl (C=O) groups is 3. The predicted octanol–water partition coefficient (Wildman–Crippen LogP) is 3.99. The minimum absolute atomic E-state index is 0.0157. The molecule has 0 radical (unpaired) electrons. The molecule has 0 aliphatic heterocycles. The summed E-state index contributed by atoms with van der Waals surface area (Å²) < 4.78 is 31.1. The molecule has 0 aromatic heterocycles. The molecular weight excluding hydrogens is 380 g/mol. The quantitative estimate of drug-likeness (QED) is 0.506. The maximum absolute atomic E-state index is 13.2. The van der Waals surface area contributed by atoms with Crippen LogP contribution in [0, 0.1) is 11.6 Å². The zero-order valence-corrected chi connectivity index (χ0v) is 15.0. The average molecular weight is 395 g/mol. The van der Waals surface area contributed by atoms with Gasteiger partial charge in [0.1, 0.15) is 0 Å². The Labute approximate surface area is 164 Å². The molecule has 0 aliphatic carbocycles. The van der Waals surface area contributed by atoms with Crippen molar-refractivity contribution in [1.29, 1.82) is 0 Å². The van der Waals surface area contributed by atoms with E-state index in [0.717, 1.165) is 12.1 Å². The number of esters is 1. The van der Waals surface area contributed by atoms with Crippen molar-refractivity contribution < 1.29 is 27.9 Å². The summed E-state index contributed by atoms with van der Waals surface area (Å²) in [5, 5.41) is 2.29. The standard InChI is InChI=1S/C22H15F2NO4/c23-18-11-10-15(12-19(18)24)25-20(26)13-29-22(28)17-9-5-4-8-16(17)21(27)14-6-2-1-3-7-14/h1-12H,13H2,(H,25,26). The van der Waals surface area contributed by atoms with E-state index in [-0.39, 0.29) is 22.6 Å². The Morgan fingerprint density at radius 1 is 0.793 bits per heavy atom. The third-order valence-electron chi connectivity index (χ3n) is 3.97. The first-order chi connectivity index (χ1) is 14.0. The van der Waals surface area contributed by atoms with Crippen LogP contribution >= 0.6 is 0 Å². The third-order valence-corrected chi connectivity index (χ3v) is 3.97. The zero-order chi connectivity index (χ0) is 20.8. The van der Waals surface area contributed by atoms with Crippen molar-refractivity contribution in [3.05, 3.63) is 101 Å². The van der Waals surface area contributed by atoms with Gasteiger partial charge in [-0.15, -0.1) is 0 Å². The van der Waals surface area contributed by atoms with Gasteiger partial charge in [-0.2, -0.15) is 0 Å². The predicted molar refractivity (Wildman–Crippen MR) is 102 cm³/mol. The highest BCUT2D eigenvalue weighted by molar-refractivity contribution is 6.14. The molecule has 0 unspecified atom stereocenters. The summed E-state index contributed by atoms with van der Waals surface area (Å²) in [7, 11) is 0. The molecule has 0 saturated heterocycles. The molecule has 0 heterocycles. The molecule has 0 fully saturated rings. The fourth-order valence-electron chi connectivity index (χ4n) is 2.58. The fourth-order valence-corrected chi connectivity index (χ4v) is 2.58. The molecule has 1 amide bonds. The summed E-state index contributed by atoms with van der Waals surface area (Å²) in [6.45, 7) is -0.661. The highest BCUT2D eigenvalue weighted by Gasteiger charge is 2.19. The van der Waals surface area contributed by atoms with Crippen LogP contribution in [0.15, 0.2) is 72.8 Å². The molecule has 0 bridgehead atoms. The van der Waals surface area contributed by atoms with E-state index in [0.29, 0.717) is 5.56 Å². The van der Waals surface area contributed by atoms with E-state index >= 15 is 0 Å². The molecule has 0 saturated carbocycles. The van der Waals surface area contributed by atoms with E-state index in [1.807, 2.05) is 0 Å². The van der Waals surface area contributed by atoms with E-state index < -0.39 is 30.1 Å². The SMILES string of the molecule is O=C(COC(=O)c1ccccc1C(=O)c1ccccc1)Nc1ccc(F)c(F)c1. The lowest BCUT2D eigenvalue weighted by Crippen LogP contribution is -2.22. The highest BCUT2D eigenvalue weighted by atomic mass is 19.2. The van der Waals surface area contributed by atoms with Crippen LogP contribution in [0.2, 0.25) is 0 Å². The molecule has 7 heteroatoms. The van der Waals surface area contributed by atoms with Crippen LogP contribution in [-0.4, -0.2) is 24.3 Å². The molecule has 0 atom stereocenters. The minimum atomic E-state index is -1.12. The second-order valence-electron chi connectivity index (χ2n) is 5.99. The van der Waals surface area contributed by atoms with Gasteiger partial charge in [0, 0.05) is 22.9 Å². The van der Waals surface area contributed by atoms with E-state index in [9.17, 15) is 23.2 Å². The number of amides is 1. The molecular formula is C22H15F2NO4. The van der Waals surface area contributed by atoms with Crippen LogP contribution in [0.5, 0.6) is 0 Å². The summed E-state index contributed by atoms with van der Waals surface area (Å²) in [6, 6.07) is 17.4. The Morgan fingerprint density at radius 2 is 1.45 bits per heavy atom. The number of benzene rings is 3. The van der Waals surface area contributed by atoms with Crippen molar-refractivity contribution in [2.45, 2.75) is 0 Å². The number of anilines is 1. The lowest BCUT2D eigenvalue weighted by Gasteiger charge is -2.10. The molecule has 5 nitrogen and oxygen atoms in total. The molecule has 3 aromatic rings. The van der Waals surface area contributed by atoms with Crippen LogP contribution in [0.3, 0.4) is 0 Å². The van der Waals surface area contributed by atoms with Gasteiger partial charge in [-0.3, -0.25) is 9.59 Å². The monoisotopic (exact) mass is 395 g/mol. The highest BCUT2D eigenvalue weighted by Crippen LogP contribution is 2.16. The van der Waals surface area contributed by atoms with E-state index in [1.165, 1.54) is 18.2 Å². The van der Waals surface area contributed by atoms with E-state index in [2.05, 4.69) is 5.32 Å². The molecule has 146 valence electrons. The van der Waals surface area contributed by atoms with E-state index in [4.69, 9.17) is 4.74 Å². The van der Waals surface area contributed by atoms with Crippen LogP contribution in [0.1, 0.15) is 26.3 Å². The van der Waals surface area contributed by atoms with Gasteiger partial charge < -0.3 is 10.1 Å². The lowest BCUT2D eigenvalue weighted by atomic mass is 9.98. The second kappa shape index (κ2) is 8.88. The van der Waals surface area contributed by atoms with Gasteiger partial charge in [0.25, 0.3) is 5.91 Å². The summed E-state index contributed by atoms with van der Waals surface area (Å²) in [6.07, 6.45) is 0. The van der Waals surface area contributed by atoms with Crippen molar-refractivity contribution in [3.8, 4) is 0 Å². The van der Waals surface area contributed by atoms with Crippen LogP contribution < -0.4 is 5.32 Å². The van der Waals surface area contributed by atoms with Crippen molar-refractivity contribution in [1.82, 2.24) is 0 Å². The molecule has 3 aromatic carbocycles. The number of hydrogen-bond acceptors (Lipinski definition) is 4. The molecule has 0 aliphatic rings. The second-order valence-corrected chi connectivity index (χ2v) is 5.99. The number of halogens is 2. The lowest BCUT2D eigenvalue weighted by molar-refractivity contribution is -0.119. The van der Waals surface area contributed by atoms with Gasteiger partial charge in [-0.25, -0.2) is 13.6 Å². The normalized spacial score (nSPS) is 10.3. The zero-order valence-electron chi connectivity index (χ0n) is 15.0. The number of rotatable bonds is 6. The molecule has 29 heavy (non-hydrogen) atoms. The smallest absolute Gasteiger partial charge is 0.339 e. The van der Waals surface area contributed by atoms with Gasteiger partial charge in [0.2, 0.25) is 0 Å². The van der Waals surface area contributed by atoms with Crippen LogP contribution in [0.4, 0.5) is 14.5 Å². The Kier molecular flexibility index (Phi) is 6.09. The maximum atomic E-state index is 13.2. The van der Waals surface area contributed by atoms with Gasteiger partial charge in [-0.1, -0.05) is 48.5 Å². The van der Waals surface area contributed by atoms with E-state index in [1.54, 1.807) is 42.5 Å².